The van der Waals surface area contributed by atoms with Crippen molar-refractivity contribution >= 4 is 33.8 Å². The summed E-state index contributed by atoms with van der Waals surface area (Å²) in [5, 5.41) is 0.511. The van der Waals surface area contributed by atoms with Crippen LogP contribution in [0, 0.1) is 13.8 Å². The normalized spacial score (nSPS) is 12.2. The molecule has 0 saturated heterocycles. The molecule has 4 rings (SSSR count). The zero-order valence-corrected chi connectivity index (χ0v) is 16.0. The lowest BCUT2D eigenvalue weighted by Crippen LogP contribution is -2.27. The van der Waals surface area contributed by atoms with Gasteiger partial charge in [0.1, 0.15) is 5.60 Å². The Labute approximate surface area is 156 Å². The molecule has 0 atom stereocenters. The molecule has 0 aliphatic rings. The molecule has 0 amide bonds. The van der Waals surface area contributed by atoms with Crippen LogP contribution in [0.15, 0.2) is 41.2 Å². The van der Waals surface area contributed by atoms with Gasteiger partial charge >= 0.3 is 6.09 Å². The highest BCUT2D eigenvalue weighted by Gasteiger charge is 2.25. The van der Waals surface area contributed by atoms with Gasteiger partial charge < -0.3 is 4.74 Å². The molecule has 2 heterocycles. The van der Waals surface area contributed by atoms with E-state index < -0.39 is 11.7 Å². The molecule has 0 spiro atoms. The van der Waals surface area contributed by atoms with E-state index in [1.807, 2.05) is 52.8 Å². The molecule has 0 aliphatic carbocycles. The van der Waals surface area contributed by atoms with Gasteiger partial charge in [-0.1, -0.05) is 12.1 Å². The van der Waals surface area contributed by atoms with E-state index in [0.29, 0.717) is 21.9 Å². The molecule has 6 nitrogen and oxygen atoms in total. The van der Waals surface area contributed by atoms with Crippen LogP contribution in [0.5, 0.6) is 0 Å². The quantitative estimate of drug-likeness (QED) is 0.470. The minimum atomic E-state index is -0.665. The van der Waals surface area contributed by atoms with E-state index in [1.54, 1.807) is 18.2 Å². The van der Waals surface area contributed by atoms with Crippen LogP contribution in [0.3, 0.4) is 0 Å². The minimum Gasteiger partial charge on any atom is -0.443 e. The molecule has 2 aromatic heterocycles. The number of benzene rings is 2. The summed E-state index contributed by atoms with van der Waals surface area (Å²) in [5.74, 6) is 0.257. The number of ether oxygens (including phenoxy) is 1. The van der Waals surface area contributed by atoms with Gasteiger partial charge in [0, 0.05) is 0 Å². The maximum Gasteiger partial charge on any atom is 0.421 e. The number of hydrogen-bond acceptors (Lipinski definition) is 4. The fraction of sp³-hybridized carbons (Fsp3) is 0.286. The molecule has 0 aliphatic heterocycles. The Hall–Kier alpha value is -3.15. The Morgan fingerprint density at radius 2 is 1.67 bits per heavy atom. The summed E-state index contributed by atoms with van der Waals surface area (Å²) in [7, 11) is 0. The lowest BCUT2D eigenvalue weighted by molar-refractivity contribution is 0.0550. The second kappa shape index (κ2) is 5.67. The average Bonchev–Trinajstić information content (AvgIpc) is 2.87. The molecular formula is C21H21N3O3. The van der Waals surface area contributed by atoms with Crippen LogP contribution in [0.4, 0.5) is 4.79 Å². The maximum atomic E-state index is 13.2. The van der Waals surface area contributed by atoms with Gasteiger partial charge in [-0.05, 0) is 70.0 Å². The lowest BCUT2D eigenvalue weighted by Gasteiger charge is -2.19. The van der Waals surface area contributed by atoms with Crippen molar-refractivity contribution in [3.8, 4) is 0 Å². The third-order valence-corrected chi connectivity index (χ3v) is 4.61. The predicted octanol–water partition coefficient (Wildman–Crippen LogP) is 4.20. The first-order chi connectivity index (χ1) is 12.7. The van der Waals surface area contributed by atoms with Crippen LogP contribution in [0.25, 0.3) is 27.7 Å². The van der Waals surface area contributed by atoms with E-state index in [9.17, 15) is 9.59 Å². The second-order valence-corrected chi connectivity index (χ2v) is 7.81. The Kier molecular flexibility index (Phi) is 3.63. The van der Waals surface area contributed by atoms with Gasteiger partial charge in [0.15, 0.2) is 0 Å². The van der Waals surface area contributed by atoms with E-state index in [-0.39, 0.29) is 11.3 Å². The van der Waals surface area contributed by atoms with Crippen LogP contribution in [0.1, 0.15) is 31.9 Å². The predicted molar refractivity (Wildman–Crippen MR) is 106 cm³/mol. The van der Waals surface area contributed by atoms with E-state index in [4.69, 9.17) is 4.74 Å². The summed E-state index contributed by atoms with van der Waals surface area (Å²) in [6.07, 6.45) is -0.555. The van der Waals surface area contributed by atoms with Gasteiger partial charge in [0.2, 0.25) is 5.78 Å². The molecule has 0 fully saturated rings. The summed E-state index contributed by atoms with van der Waals surface area (Å²) in [4.78, 5) is 30.8. The fourth-order valence-electron chi connectivity index (χ4n) is 3.23. The number of fused-ring (bicyclic) bond motifs is 4. The standard InChI is InChI=1S/C21H21N3O3/c1-12-10-16-17(11-13(12)2)24(20(26)27-21(3,4)5)19-22-15-9-7-6-8-14(15)18(25)23(16)19/h6-11H,1-5H3. The molecule has 4 aromatic rings. The van der Waals surface area contributed by atoms with Crippen molar-refractivity contribution in [3.05, 3.63) is 57.9 Å². The zero-order valence-electron chi connectivity index (χ0n) is 16.0. The van der Waals surface area contributed by atoms with Gasteiger partial charge in [-0.15, -0.1) is 0 Å². The Morgan fingerprint density at radius 3 is 2.33 bits per heavy atom. The minimum absolute atomic E-state index is 0.203. The number of hydrogen-bond donors (Lipinski definition) is 0. The monoisotopic (exact) mass is 363 g/mol. The summed E-state index contributed by atoms with van der Waals surface area (Å²) < 4.78 is 8.47. The third kappa shape index (κ3) is 2.68. The number of imidazole rings is 1. The van der Waals surface area contributed by atoms with Crippen LogP contribution in [0.2, 0.25) is 0 Å². The molecule has 0 N–H and O–H groups in total. The summed E-state index contributed by atoms with van der Waals surface area (Å²) >= 11 is 0. The Bertz CT molecular complexity index is 1290. The number of aryl methyl sites for hydroxylation is 2. The van der Waals surface area contributed by atoms with Gasteiger partial charge in [0.25, 0.3) is 5.56 Å². The Morgan fingerprint density at radius 1 is 1.04 bits per heavy atom. The summed E-state index contributed by atoms with van der Waals surface area (Å²) in [6.45, 7) is 9.37. The largest absolute Gasteiger partial charge is 0.443 e. The van der Waals surface area contributed by atoms with Crippen LogP contribution < -0.4 is 5.56 Å². The number of para-hydroxylation sites is 1. The first kappa shape index (κ1) is 17.3. The maximum absolute atomic E-state index is 13.2. The number of carbonyl (C=O) groups excluding carboxylic acids is 1. The molecule has 0 bridgehead atoms. The van der Waals surface area contributed by atoms with Gasteiger partial charge in [-0.2, -0.15) is 0 Å². The third-order valence-electron chi connectivity index (χ3n) is 4.61. The Balaban J connectivity index is 2.21. The van der Waals surface area contributed by atoms with Crippen molar-refractivity contribution in [2.24, 2.45) is 0 Å². The van der Waals surface area contributed by atoms with Crippen molar-refractivity contribution < 1.29 is 9.53 Å². The van der Waals surface area contributed by atoms with Crippen molar-refractivity contribution in [1.82, 2.24) is 14.0 Å². The summed E-state index contributed by atoms with van der Waals surface area (Å²) in [6, 6.07) is 10.9. The van der Waals surface area contributed by atoms with E-state index in [0.717, 1.165) is 11.1 Å². The SMILES string of the molecule is Cc1cc2c(cc1C)n1c(=O)c3ccccc3nc1n2C(=O)OC(C)(C)C. The van der Waals surface area contributed by atoms with Crippen LogP contribution in [-0.4, -0.2) is 25.6 Å². The first-order valence-corrected chi connectivity index (χ1v) is 8.84. The van der Waals surface area contributed by atoms with E-state index >= 15 is 0 Å². The number of rotatable bonds is 0. The zero-order chi connectivity index (χ0) is 19.5. The molecule has 0 saturated carbocycles. The van der Waals surface area contributed by atoms with Gasteiger partial charge in [-0.3, -0.25) is 4.79 Å². The highest BCUT2D eigenvalue weighted by molar-refractivity contribution is 5.94. The molecule has 138 valence electrons. The fourth-order valence-corrected chi connectivity index (χ4v) is 3.23. The van der Waals surface area contributed by atoms with Crippen molar-refractivity contribution in [1.29, 1.82) is 0 Å². The molecule has 0 radical (unpaired) electrons. The topological polar surface area (TPSA) is 65.6 Å². The van der Waals surface area contributed by atoms with Crippen molar-refractivity contribution in [3.63, 3.8) is 0 Å². The lowest BCUT2D eigenvalue weighted by atomic mass is 10.1. The average molecular weight is 363 g/mol. The number of aromatic nitrogens is 3. The molecule has 6 heteroatoms. The highest BCUT2D eigenvalue weighted by atomic mass is 16.6. The molecule has 0 unspecified atom stereocenters. The van der Waals surface area contributed by atoms with Crippen molar-refractivity contribution in [2.75, 3.05) is 0 Å². The second-order valence-electron chi connectivity index (χ2n) is 7.81. The van der Waals surface area contributed by atoms with Crippen LogP contribution >= 0.6 is 0 Å². The smallest absolute Gasteiger partial charge is 0.421 e. The molecule has 27 heavy (non-hydrogen) atoms. The molecular weight excluding hydrogens is 342 g/mol. The van der Waals surface area contributed by atoms with Crippen molar-refractivity contribution in [2.45, 2.75) is 40.2 Å². The number of carbonyl (C=O) groups is 1. The van der Waals surface area contributed by atoms with Crippen LogP contribution in [-0.2, 0) is 4.74 Å². The van der Waals surface area contributed by atoms with E-state index in [2.05, 4.69) is 4.98 Å². The number of nitrogens with zero attached hydrogens (tertiary/aromatic N) is 3. The highest BCUT2D eigenvalue weighted by Crippen LogP contribution is 2.25. The molecule has 2 aromatic carbocycles. The van der Waals surface area contributed by atoms with Gasteiger partial charge in [0.05, 0.1) is 21.9 Å². The summed E-state index contributed by atoms with van der Waals surface area (Å²) in [5.41, 5.74) is 2.98. The van der Waals surface area contributed by atoms with Gasteiger partial charge in [-0.25, -0.2) is 18.7 Å². The van der Waals surface area contributed by atoms with E-state index in [1.165, 1.54) is 8.97 Å². The first-order valence-electron chi connectivity index (χ1n) is 8.84.